The Labute approximate surface area is 210 Å². The molecular formula is C20H23Cl3N4O7. The van der Waals surface area contributed by atoms with Crippen LogP contribution in [0.2, 0.25) is 0 Å². The number of rotatable bonds is 9. The van der Waals surface area contributed by atoms with Gasteiger partial charge in [0.15, 0.2) is 18.1 Å². The van der Waals surface area contributed by atoms with Gasteiger partial charge < -0.3 is 29.4 Å². The molecular weight excluding hydrogens is 515 g/mol. The van der Waals surface area contributed by atoms with E-state index in [0.29, 0.717) is 5.56 Å². The van der Waals surface area contributed by atoms with Gasteiger partial charge in [-0.1, -0.05) is 70.2 Å². The number of Topliss-reactive ketones (excluding diaryl/α,β-unsaturated/α-hetero) is 1. The highest BCUT2D eigenvalue weighted by Crippen LogP contribution is 2.36. The molecule has 0 spiro atoms. The topological polar surface area (TPSA) is 160 Å². The van der Waals surface area contributed by atoms with E-state index in [0.717, 1.165) is 0 Å². The molecule has 1 heterocycles. The van der Waals surface area contributed by atoms with Crippen LogP contribution in [-0.4, -0.2) is 56.8 Å². The van der Waals surface area contributed by atoms with E-state index < -0.39 is 45.9 Å². The summed E-state index contributed by atoms with van der Waals surface area (Å²) < 4.78 is 14.5. The number of nitrogens with one attached hydrogen (secondary N) is 1. The fourth-order valence-corrected chi connectivity index (χ4v) is 3.32. The third kappa shape index (κ3) is 7.44. The van der Waals surface area contributed by atoms with Gasteiger partial charge in [0.05, 0.1) is 19.1 Å². The van der Waals surface area contributed by atoms with Crippen molar-refractivity contribution in [1.82, 2.24) is 5.32 Å². The van der Waals surface area contributed by atoms with Gasteiger partial charge in [-0.15, -0.1) is 0 Å². The molecule has 1 aromatic carbocycles. The fraction of sp³-hybridized carbons (Fsp3) is 0.550. The second-order valence-corrected chi connectivity index (χ2v) is 9.80. The van der Waals surface area contributed by atoms with E-state index in [-0.39, 0.29) is 25.2 Å². The number of esters is 1. The van der Waals surface area contributed by atoms with Gasteiger partial charge in [0.25, 0.3) is 9.70 Å². The van der Waals surface area contributed by atoms with Gasteiger partial charge >= 0.3 is 5.97 Å². The Hall–Kier alpha value is -2.11. The van der Waals surface area contributed by atoms with Gasteiger partial charge in [0.2, 0.25) is 0 Å². The molecule has 5 atom stereocenters. The summed E-state index contributed by atoms with van der Waals surface area (Å²) in [6, 6.07) is 8.79. The first-order valence-electron chi connectivity index (χ1n) is 10.0. The van der Waals surface area contributed by atoms with Gasteiger partial charge in [-0.3, -0.25) is 9.59 Å². The maximum atomic E-state index is 12.5. The molecule has 1 fully saturated rings. The van der Waals surface area contributed by atoms with E-state index in [1.165, 1.54) is 13.8 Å². The highest BCUT2D eigenvalue weighted by Gasteiger charge is 2.57. The number of aliphatic hydroxyl groups is 1. The second kappa shape index (κ2) is 12.0. The Morgan fingerprint density at radius 2 is 1.91 bits per heavy atom. The molecule has 1 aliphatic heterocycles. The van der Waals surface area contributed by atoms with Crippen LogP contribution in [0.3, 0.4) is 0 Å². The monoisotopic (exact) mass is 536 g/mol. The minimum Gasteiger partial charge on any atom is -0.455 e. The van der Waals surface area contributed by atoms with Crippen LogP contribution < -0.4 is 5.32 Å². The maximum Gasteiger partial charge on any atom is 0.306 e. The highest BCUT2D eigenvalue weighted by molar-refractivity contribution is 6.76. The minimum atomic E-state index is -2.38. The van der Waals surface area contributed by atoms with Crippen LogP contribution in [0.5, 0.6) is 0 Å². The normalized spacial score (nSPS) is 26.8. The number of benzene rings is 1. The minimum absolute atomic E-state index is 0.0892. The first-order chi connectivity index (χ1) is 15.9. The summed E-state index contributed by atoms with van der Waals surface area (Å²) in [7, 11) is 0. The van der Waals surface area contributed by atoms with Crippen molar-refractivity contribution in [3.05, 3.63) is 46.3 Å². The number of ether oxygens (including phenoxy) is 3. The smallest absolute Gasteiger partial charge is 0.306 e. The average molecular weight is 538 g/mol. The zero-order valence-corrected chi connectivity index (χ0v) is 20.5. The lowest BCUT2D eigenvalue weighted by atomic mass is 9.92. The first-order valence-corrected chi connectivity index (χ1v) is 11.2. The third-order valence-electron chi connectivity index (χ3n) is 4.92. The number of azide groups is 1. The molecule has 1 saturated heterocycles. The molecule has 2 rings (SSSR count). The van der Waals surface area contributed by atoms with E-state index in [1.54, 1.807) is 30.3 Å². The lowest BCUT2D eigenvalue weighted by Gasteiger charge is -2.48. The lowest BCUT2D eigenvalue weighted by molar-refractivity contribution is -0.285. The van der Waals surface area contributed by atoms with Crippen molar-refractivity contribution in [2.75, 3.05) is 0 Å². The van der Waals surface area contributed by atoms with Crippen molar-refractivity contribution in [2.24, 2.45) is 5.11 Å². The van der Waals surface area contributed by atoms with E-state index in [2.05, 4.69) is 15.3 Å². The van der Waals surface area contributed by atoms with Crippen molar-refractivity contribution < 1.29 is 33.7 Å². The molecule has 0 saturated carbocycles. The summed E-state index contributed by atoms with van der Waals surface area (Å²) in [4.78, 5) is 38.7. The molecule has 1 aromatic rings. The molecule has 0 unspecified atom stereocenters. The Balaban J connectivity index is 2.43. The molecule has 186 valence electrons. The molecule has 2 N–H and O–H groups in total. The molecule has 0 radical (unpaired) electrons. The van der Waals surface area contributed by atoms with Gasteiger partial charge in [0.1, 0.15) is 11.9 Å². The number of halogens is 3. The van der Waals surface area contributed by atoms with Crippen LogP contribution in [0, 0.1) is 0 Å². The summed E-state index contributed by atoms with van der Waals surface area (Å²) in [6.45, 7) is 2.57. The molecule has 1 aliphatic rings. The maximum absolute atomic E-state index is 12.5. The van der Waals surface area contributed by atoms with E-state index >= 15 is 0 Å². The Bertz CT molecular complexity index is 940. The summed E-state index contributed by atoms with van der Waals surface area (Å²) in [6.07, 6.45) is -6.19. The van der Waals surface area contributed by atoms with Crippen LogP contribution in [-0.2, 0) is 35.2 Å². The average Bonchev–Trinajstić information content (AvgIpc) is 2.75. The highest BCUT2D eigenvalue weighted by atomic mass is 35.6. The van der Waals surface area contributed by atoms with Gasteiger partial charge in [-0.05, 0) is 24.9 Å². The van der Waals surface area contributed by atoms with Gasteiger partial charge in [-0.2, -0.15) is 0 Å². The summed E-state index contributed by atoms with van der Waals surface area (Å²) in [5.41, 5.74) is 7.39. The van der Waals surface area contributed by atoms with Crippen molar-refractivity contribution in [3.63, 3.8) is 0 Å². The number of carbonyl (C=O) groups excluding carboxylic acids is 3. The predicted molar refractivity (Wildman–Crippen MR) is 122 cm³/mol. The van der Waals surface area contributed by atoms with Crippen molar-refractivity contribution in [1.29, 1.82) is 0 Å². The van der Waals surface area contributed by atoms with E-state index in [1.807, 2.05) is 0 Å². The number of ketones is 1. The first kappa shape index (κ1) is 28.1. The van der Waals surface area contributed by atoms with Crippen LogP contribution in [0.1, 0.15) is 32.3 Å². The van der Waals surface area contributed by atoms with Gasteiger partial charge in [0, 0.05) is 11.3 Å². The zero-order valence-electron chi connectivity index (χ0n) is 18.2. The number of hydrogen-bond donors (Lipinski definition) is 2. The number of hydrogen-bond acceptors (Lipinski definition) is 8. The second-order valence-electron chi connectivity index (χ2n) is 7.52. The number of carbonyl (C=O) groups is 3. The molecule has 11 nitrogen and oxygen atoms in total. The lowest BCUT2D eigenvalue weighted by Crippen LogP contribution is -2.69. The third-order valence-corrected chi connectivity index (χ3v) is 5.44. The Morgan fingerprint density at radius 1 is 1.26 bits per heavy atom. The Morgan fingerprint density at radius 3 is 2.47 bits per heavy atom. The van der Waals surface area contributed by atoms with Crippen LogP contribution >= 0.6 is 34.8 Å². The van der Waals surface area contributed by atoms with Crippen molar-refractivity contribution in [3.8, 4) is 0 Å². The SMILES string of the molecule is CC(=O)CCC(=O)O[C@@H]1[C@@H](OCc2ccccc2)[C@@](O)(N=[N+]=[N-])[C@@H](C)O[C@@H]1NC(=O)C(Cl)(Cl)Cl. The van der Waals surface area contributed by atoms with Crippen molar-refractivity contribution in [2.45, 2.75) is 67.4 Å². The largest absolute Gasteiger partial charge is 0.455 e. The molecule has 0 bridgehead atoms. The quantitative estimate of drug-likeness (QED) is 0.161. The number of nitrogens with zero attached hydrogens (tertiary/aromatic N) is 3. The summed E-state index contributed by atoms with van der Waals surface area (Å²) in [5.74, 6) is -2.22. The summed E-state index contributed by atoms with van der Waals surface area (Å²) >= 11 is 16.9. The number of alkyl halides is 3. The fourth-order valence-electron chi connectivity index (χ4n) is 3.16. The van der Waals surface area contributed by atoms with Crippen LogP contribution in [0.15, 0.2) is 35.4 Å². The molecule has 1 amide bonds. The molecule has 34 heavy (non-hydrogen) atoms. The Kier molecular flexibility index (Phi) is 9.96. The zero-order chi connectivity index (χ0) is 25.5. The van der Waals surface area contributed by atoms with Crippen LogP contribution in [0.25, 0.3) is 10.4 Å². The van der Waals surface area contributed by atoms with Gasteiger partial charge in [-0.25, -0.2) is 0 Å². The van der Waals surface area contributed by atoms with E-state index in [9.17, 15) is 19.5 Å². The number of amides is 1. The van der Waals surface area contributed by atoms with Crippen LogP contribution in [0.4, 0.5) is 0 Å². The summed E-state index contributed by atoms with van der Waals surface area (Å²) in [5, 5.41) is 16.9. The standard InChI is InChI=1S/C20H23Cl3N4O7/c1-11(28)8-9-14(29)34-15-16(32-10-13-6-4-3-5-7-13)19(31,26-27-24)12(2)33-17(15)25-18(30)20(21,22)23/h3-7,12,15-17,31H,8-10H2,1-2H3,(H,25,30)/t12-,15-,16-,17+,19-/m1/s1. The van der Waals surface area contributed by atoms with Crippen molar-refractivity contribution >= 4 is 52.5 Å². The molecule has 14 heteroatoms. The predicted octanol–water partition coefficient (Wildman–Crippen LogP) is 3.08. The molecule has 0 aromatic heterocycles. The molecule has 0 aliphatic carbocycles. The van der Waals surface area contributed by atoms with E-state index in [4.69, 9.17) is 54.5 Å².